The van der Waals surface area contributed by atoms with Crippen molar-refractivity contribution in [3.8, 4) is 11.5 Å². The molecule has 0 unspecified atom stereocenters. The Bertz CT molecular complexity index is 1050. The molecule has 0 aromatic heterocycles. The second-order valence-corrected chi connectivity index (χ2v) is 5.67. The molecule has 28 heavy (non-hydrogen) atoms. The van der Waals surface area contributed by atoms with Gasteiger partial charge in [-0.1, -0.05) is 12.1 Å². The molecule has 0 saturated carbocycles. The number of non-ortho nitro benzene ring substituents is 1. The fraction of sp³-hybridized carbons (Fsp3) is 0.0556. The van der Waals surface area contributed by atoms with Gasteiger partial charge in [-0.05, 0) is 29.8 Å². The van der Waals surface area contributed by atoms with Gasteiger partial charge in [-0.15, -0.1) is 0 Å². The molecular formula is C18H13N3O7. The molecule has 1 fully saturated rings. The summed E-state index contributed by atoms with van der Waals surface area (Å²) >= 11 is 0. The number of nitro benzene ring substituents is 1. The van der Waals surface area contributed by atoms with Crippen molar-refractivity contribution in [2.24, 2.45) is 0 Å². The number of nitro groups is 1. The van der Waals surface area contributed by atoms with Gasteiger partial charge in [0.1, 0.15) is 5.57 Å². The number of phenolic OH excluding ortho intramolecular Hbond substituents is 1. The van der Waals surface area contributed by atoms with E-state index in [2.05, 4.69) is 0 Å². The van der Waals surface area contributed by atoms with E-state index in [-0.39, 0.29) is 28.4 Å². The Morgan fingerprint density at radius 1 is 1.18 bits per heavy atom. The first-order valence-electron chi connectivity index (χ1n) is 7.84. The smallest absolute Gasteiger partial charge is 0.335 e. The molecule has 10 heteroatoms. The highest BCUT2D eigenvalue weighted by Gasteiger charge is 2.37. The average Bonchev–Trinajstić information content (AvgIpc) is 2.66. The van der Waals surface area contributed by atoms with Gasteiger partial charge >= 0.3 is 6.03 Å². The van der Waals surface area contributed by atoms with Crippen LogP contribution in [-0.2, 0) is 9.59 Å². The molecule has 0 bridgehead atoms. The van der Waals surface area contributed by atoms with Crippen molar-refractivity contribution < 1.29 is 29.2 Å². The topological polar surface area (TPSA) is 139 Å². The van der Waals surface area contributed by atoms with E-state index in [1.165, 1.54) is 49.6 Å². The van der Waals surface area contributed by atoms with Crippen LogP contribution in [0.3, 0.4) is 0 Å². The van der Waals surface area contributed by atoms with Crippen LogP contribution in [0.25, 0.3) is 6.08 Å². The van der Waals surface area contributed by atoms with Gasteiger partial charge in [0.05, 0.1) is 17.7 Å². The molecule has 10 nitrogen and oxygen atoms in total. The zero-order chi connectivity index (χ0) is 20.4. The summed E-state index contributed by atoms with van der Waals surface area (Å²) in [6.07, 6.45) is 1.22. The summed E-state index contributed by atoms with van der Waals surface area (Å²) in [5, 5.41) is 22.6. The summed E-state index contributed by atoms with van der Waals surface area (Å²) < 4.78 is 4.98. The van der Waals surface area contributed by atoms with Gasteiger partial charge in [0.25, 0.3) is 17.5 Å². The van der Waals surface area contributed by atoms with Crippen molar-refractivity contribution in [3.63, 3.8) is 0 Å². The van der Waals surface area contributed by atoms with Gasteiger partial charge < -0.3 is 9.84 Å². The molecule has 142 valence electrons. The predicted octanol–water partition coefficient (Wildman–Crippen LogP) is 1.98. The number of rotatable bonds is 4. The van der Waals surface area contributed by atoms with Crippen LogP contribution in [0, 0.1) is 10.1 Å². The van der Waals surface area contributed by atoms with Crippen molar-refractivity contribution in [3.05, 3.63) is 63.7 Å². The van der Waals surface area contributed by atoms with Crippen molar-refractivity contribution >= 4 is 35.3 Å². The van der Waals surface area contributed by atoms with Crippen molar-refractivity contribution in [1.82, 2.24) is 5.32 Å². The maximum Gasteiger partial charge on any atom is 0.335 e. The summed E-state index contributed by atoms with van der Waals surface area (Å²) in [5.74, 6) is -1.85. The average molecular weight is 383 g/mol. The molecule has 2 N–H and O–H groups in total. The SMILES string of the molecule is COc1cc(C=C2C(=O)NC(=O)N(c3cccc([N+](=O)[O-])c3)C2=O)ccc1O. The Balaban J connectivity index is 2.03. The number of amides is 4. The van der Waals surface area contributed by atoms with E-state index in [0.717, 1.165) is 6.07 Å². The number of anilines is 1. The molecule has 2 aromatic carbocycles. The maximum atomic E-state index is 12.8. The highest BCUT2D eigenvalue weighted by molar-refractivity contribution is 6.39. The number of imide groups is 2. The van der Waals surface area contributed by atoms with E-state index in [1.807, 2.05) is 5.32 Å². The van der Waals surface area contributed by atoms with Crippen molar-refractivity contribution in [2.45, 2.75) is 0 Å². The summed E-state index contributed by atoms with van der Waals surface area (Å²) in [5.41, 5.74) is -0.373. The van der Waals surface area contributed by atoms with Crippen LogP contribution in [0.2, 0.25) is 0 Å². The quantitative estimate of drug-likeness (QED) is 0.356. The van der Waals surface area contributed by atoms with Crippen molar-refractivity contribution in [1.29, 1.82) is 0 Å². The van der Waals surface area contributed by atoms with Gasteiger partial charge in [0.15, 0.2) is 11.5 Å². The van der Waals surface area contributed by atoms with Crippen LogP contribution in [0.1, 0.15) is 5.56 Å². The lowest BCUT2D eigenvalue weighted by atomic mass is 10.1. The molecule has 1 aliphatic rings. The summed E-state index contributed by atoms with van der Waals surface area (Å²) in [4.78, 5) is 48.0. The molecule has 1 heterocycles. The fourth-order valence-electron chi connectivity index (χ4n) is 2.59. The van der Waals surface area contributed by atoms with Crippen molar-refractivity contribution in [2.75, 3.05) is 12.0 Å². The third-order valence-corrected chi connectivity index (χ3v) is 3.92. The molecule has 0 atom stereocenters. The van der Waals surface area contributed by atoms with Crippen LogP contribution in [0.5, 0.6) is 11.5 Å². The number of methoxy groups -OCH3 is 1. The normalized spacial score (nSPS) is 15.5. The maximum absolute atomic E-state index is 12.8. The summed E-state index contributed by atoms with van der Waals surface area (Å²) in [6.45, 7) is 0. The number of hydrogen-bond acceptors (Lipinski definition) is 7. The number of aromatic hydroxyl groups is 1. The Kier molecular flexibility index (Phi) is 4.77. The van der Waals surface area contributed by atoms with E-state index in [4.69, 9.17) is 4.74 Å². The lowest BCUT2D eigenvalue weighted by molar-refractivity contribution is -0.384. The molecule has 3 rings (SSSR count). The summed E-state index contributed by atoms with van der Waals surface area (Å²) in [7, 11) is 1.34. The number of nitrogens with zero attached hydrogens (tertiary/aromatic N) is 2. The largest absolute Gasteiger partial charge is 0.504 e. The van der Waals surface area contributed by atoms with Gasteiger partial charge in [-0.25, -0.2) is 9.69 Å². The molecule has 0 radical (unpaired) electrons. The Labute approximate surface area is 157 Å². The Morgan fingerprint density at radius 3 is 2.61 bits per heavy atom. The first kappa shape index (κ1) is 18.6. The van der Waals surface area contributed by atoms with Gasteiger partial charge in [0, 0.05) is 12.1 Å². The first-order chi connectivity index (χ1) is 13.3. The number of ether oxygens (including phenoxy) is 1. The predicted molar refractivity (Wildman–Crippen MR) is 96.8 cm³/mol. The van der Waals surface area contributed by atoms with Crippen LogP contribution >= 0.6 is 0 Å². The third kappa shape index (κ3) is 3.38. The number of barbiturate groups is 1. The van der Waals surface area contributed by atoms with E-state index in [0.29, 0.717) is 10.5 Å². The van der Waals surface area contributed by atoms with Crippen LogP contribution in [-0.4, -0.2) is 35.0 Å². The highest BCUT2D eigenvalue weighted by Crippen LogP contribution is 2.29. The van der Waals surface area contributed by atoms with Gasteiger partial charge in [-0.2, -0.15) is 0 Å². The minimum atomic E-state index is -1.02. The number of nitrogens with one attached hydrogen (secondary N) is 1. The number of urea groups is 1. The molecular weight excluding hydrogens is 370 g/mol. The minimum absolute atomic E-state index is 0.0570. The molecule has 4 amide bonds. The third-order valence-electron chi connectivity index (χ3n) is 3.92. The molecule has 1 saturated heterocycles. The van der Waals surface area contributed by atoms with Crippen LogP contribution < -0.4 is 15.0 Å². The van der Waals surface area contributed by atoms with E-state index >= 15 is 0 Å². The second kappa shape index (κ2) is 7.19. The zero-order valence-electron chi connectivity index (χ0n) is 14.4. The molecule has 0 aliphatic carbocycles. The highest BCUT2D eigenvalue weighted by atomic mass is 16.6. The Hall–Kier alpha value is -4.21. The number of carbonyl (C=O) groups excluding carboxylic acids is 3. The second-order valence-electron chi connectivity index (χ2n) is 5.67. The lowest BCUT2D eigenvalue weighted by Crippen LogP contribution is -2.54. The van der Waals surface area contributed by atoms with Gasteiger partial charge in [-0.3, -0.25) is 25.0 Å². The standard InChI is InChI=1S/C18H13N3O7/c1-28-15-8-10(5-6-14(15)22)7-13-16(23)19-18(25)20(17(13)24)11-3-2-4-12(9-11)21(26)27/h2-9,22H,1H3,(H,19,23,25). The molecule has 0 spiro atoms. The zero-order valence-corrected chi connectivity index (χ0v) is 14.4. The number of phenols is 1. The van der Waals surface area contributed by atoms with E-state index in [1.54, 1.807) is 0 Å². The molecule has 2 aromatic rings. The molecule has 1 aliphatic heterocycles. The van der Waals surface area contributed by atoms with Crippen LogP contribution in [0.15, 0.2) is 48.0 Å². The van der Waals surface area contributed by atoms with E-state index < -0.39 is 22.8 Å². The first-order valence-corrected chi connectivity index (χ1v) is 7.84. The number of hydrogen-bond donors (Lipinski definition) is 2. The van der Waals surface area contributed by atoms with Crippen LogP contribution in [0.4, 0.5) is 16.2 Å². The minimum Gasteiger partial charge on any atom is -0.504 e. The Morgan fingerprint density at radius 2 is 1.93 bits per heavy atom. The fourth-order valence-corrected chi connectivity index (χ4v) is 2.59. The van der Waals surface area contributed by atoms with Gasteiger partial charge in [0.2, 0.25) is 0 Å². The number of benzene rings is 2. The van der Waals surface area contributed by atoms with E-state index in [9.17, 15) is 29.6 Å². The monoisotopic (exact) mass is 383 g/mol. The number of carbonyl (C=O) groups is 3. The lowest BCUT2D eigenvalue weighted by Gasteiger charge is -2.26. The summed E-state index contributed by atoms with van der Waals surface area (Å²) in [6, 6.07) is 8.06.